The number of aryl methyl sites for hydroxylation is 1. The van der Waals surface area contributed by atoms with Gasteiger partial charge in [-0.1, -0.05) is 36.4 Å². The second kappa shape index (κ2) is 12.1. The van der Waals surface area contributed by atoms with Crippen LogP contribution in [0.25, 0.3) is 0 Å². The summed E-state index contributed by atoms with van der Waals surface area (Å²) < 4.78 is 0. The van der Waals surface area contributed by atoms with Gasteiger partial charge in [0.05, 0.1) is 11.7 Å². The lowest BCUT2D eigenvalue weighted by Crippen LogP contribution is -2.31. The van der Waals surface area contributed by atoms with Crippen LogP contribution in [0, 0.1) is 0 Å². The maximum atomic E-state index is 11.2. The molecular weight excluding hydrogens is 359 g/mol. The molecule has 7 N–H and O–H groups in total. The third-order valence-electron chi connectivity index (χ3n) is 4.04. The third-order valence-corrected chi connectivity index (χ3v) is 4.04. The van der Waals surface area contributed by atoms with Gasteiger partial charge in [0.1, 0.15) is 5.75 Å². The smallest absolute Gasteiger partial charge is 0.448 e. The Bertz CT molecular complexity index is 725. The number of nitrogens with one attached hydrogen (secondary N) is 1. The summed E-state index contributed by atoms with van der Waals surface area (Å²) in [6, 6.07) is 14.9. The van der Waals surface area contributed by atoms with Crippen molar-refractivity contribution in [2.45, 2.75) is 38.7 Å². The number of phenols is 1. The fraction of sp³-hybridized carbons (Fsp3) is 0.350. The van der Waals surface area contributed by atoms with Crippen LogP contribution in [-0.4, -0.2) is 45.9 Å². The van der Waals surface area contributed by atoms with Crippen LogP contribution in [0.5, 0.6) is 5.75 Å². The number of aromatic hydroxyl groups is 1. The summed E-state index contributed by atoms with van der Waals surface area (Å²) in [6.07, 6.45) is 1.15. The van der Waals surface area contributed by atoms with Crippen LogP contribution in [0.3, 0.4) is 0 Å². The quantitative estimate of drug-likeness (QED) is 0.377. The molecule has 0 spiro atoms. The zero-order valence-electron chi connectivity index (χ0n) is 16.2. The van der Waals surface area contributed by atoms with Crippen LogP contribution in [0.2, 0.25) is 6.82 Å². The number of nitrogens with two attached hydrogens (primary N) is 1. The summed E-state index contributed by atoms with van der Waals surface area (Å²) in [5.41, 5.74) is 7.06. The van der Waals surface area contributed by atoms with Crippen molar-refractivity contribution in [3.8, 4) is 5.75 Å². The van der Waals surface area contributed by atoms with Gasteiger partial charge in [0, 0.05) is 12.6 Å². The van der Waals surface area contributed by atoms with Gasteiger partial charge < -0.3 is 31.3 Å². The van der Waals surface area contributed by atoms with Crippen LogP contribution >= 0.6 is 0 Å². The number of carbonyl (C=O) groups excluding carboxylic acids is 1. The normalized spacial score (nSPS) is 12.5. The van der Waals surface area contributed by atoms with E-state index < -0.39 is 19.1 Å². The highest BCUT2D eigenvalue weighted by Crippen LogP contribution is 2.22. The highest BCUT2D eigenvalue weighted by molar-refractivity contribution is 6.38. The SMILES string of the molecule is CB(O)O.CC(CCc1ccccc1)NCC(O)c1ccc(O)c(C(N)=O)c1. The Morgan fingerprint density at radius 2 is 1.79 bits per heavy atom. The van der Waals surface area contributed by atoms with E-state index in [9.17, 15) is 15.0 Å². The van der Waals surface area contributed by atoms with Gasteiger partial charge in [-0.2, -0.15) is 0 Å². The van der Waals surface area contributed by atoms with E-state index in [1.807, 2.05) is 18.2 Å². The summed E-state index contributed by atoms with van der Waals surface area (Å²) in [5.74, 6) is -0.895. The molecule has 7 nitrogen and oxygen atoms in total. The van der Waals surface area contributed by atoms with Crippen LogP contribution < -0.4 is 11.1 Å². The molecule has 152 valence electrons. The van der Waals surface area contributed by atoms with Crippen LogP contribution in [0.4, 0.5) is 0 Å². The predicted octanol–water partition coefficient (Wildman–Crippen LogP) is 1.22. The molecule has 0 saturated carbocycles. The minimum atomic E-state index is -1.17. The number of amides is 1. The van der Waals surface area contributed by atoms with E-state index in [0.29, 0.717) is 12.1 Å². The third kappa shape index (κ3) is 9.01. The first-order valence-electron chi connectivity index (χ1n) is 9.15. The molecule has 8 heteroatoms. The van der Waals surface area contributed by atoms with Crippen LogP contribution in [0.1, 0.15) is 40.9 Å². The van der Waals surface area contributed by atoms with Crippen LogP contribution in [-0.2, 0) is 6.42 Å². The van der Waals surface area contributed by atoms with Gasteiger partial charge in [0.25, 0.3) is 5.91 Å². The standard InChI is InChI=1S/C19H24N2O3.CH5BO2/c1-13(7-8-14-5-3-2-4-6-14)21-12-18(23)15-9-10-17(22)16(11-15)19(20)24;1-2(3)4/h2-6,9-11,13,18,21-23H,7-8,12H2,1H3,(H2,20,24);3-4H,1H3. The average Bonchev–Trinajstić information content (AvgIpc) is 2.65. The molecular formula is C20H29BN2O5. The van der Waals surface area contributed by atoms with Gasteiger partial charge in [-0.15, -0.1) is 0 Å². The number of hydrogen-bond acceptors (Lipinski definition) is 6. The largest absolute Gasteiger partial charge is 0.507 e. The van der Waals surface area contributed by atoms with E-state index >= 15 is 0 Å². The van der Waals surface area contributed by atoms with E-state index in [1.165, 1.54) is 24.5 Å². The molecule has 0 aliphatic rings. The number of aliphatic hydroxyl groups excluding tert-OH is 1. The van der Waals surface area contributed by atoms with Gasteiger partial charge in [0.2, 0.25) is 0 Å². The maximum Gasteiger partial charge on any atom is 0.448 e. The van der Waals surface area contributed by atoms with Crippen molar-refractivity contribution in [3.63, 3.8) is 0 Å². The fourth-order valence-corrected chi connectivity index (χ4v) is 2.52. The predicted molar refractivity (Wildman–Crippen MR) is 110 cm³/mol. The molecule has 0 saturated heterocycles. The Morgan fingerprint density at radius 3 is 2.36 bits per heavy atom. The molecule has 0 heterocycles. The summed E-state index contributed by atoms with van der Waals surface area (Å²) in [6.45, 7) is 3.71. The Balaban J connectivity index is 0.000000892. The van der Waals surface area contributed by atoms with Gasteiger partial charge in [-0.25, -0.2) is 0 Å². The van der Waals surface area contributed by atoms with Crippen molar-refractivity contribution >= 4 is 13.0 Å². The molecule has 2 rings (SSSR count). The average molecular weight is 388 g/mol. The first kappa shape index (κ1) is 23.7. The van der Waals surface area contributed by atoms with Crippen molar-refractivity contribution in [1.29, 1.82) is 0 Å². The zero-order chi connectivity index (χ0) is 21.1. The fourth-order valence-electron chi connectivity index (χ4n) is 2.52. The Morgan fingerprint density at radius 1 is 1.18 bits per heavy atom. The highest BCUT2D eigenvalue weighted by atomic mass is 16.4. The van der Waals surface area contributed by atoms with E-state index in [-0.39, 0.29) is 17.4 Å². The van der Waals surface area contributed by atoms with Crippen molar-refractivity contribution in [2.24, 2.45) is 5.73 Å². The van der Waals surface area contributed by atoms with Crippen molar-refractivity contribution in [1.82, 2.24) is 5.32 Å². The molecule has 0 radical (unpaired) electrons. The molecule has 2 atom stereocenters. The van der Waals surface area contributed by atoms with E-state index in [0.717, 1.165) is 12.8 Å². The molecule has 2 aromatic rings. The van der Waals surface area contributed by atoms with Gasteiger partial charge in [0.15, 0.2) is 0 Å². The minimum absolute atomic E-state index is 0.0173. The Hall–Kier alpha value is -2.39. The number of aliphatic hydroxyl groups is 1. The number of rotatable bonds is 8. The molecule has 0 aliphatic heterocycles. The lowest BCUT2D eigenvalue weighted by atomic mass is 9.99. The summed E-state index contributed by atoms with van der Waals surface area (Å²) >= 11 is 0. The summed E-state index contributed by atoms with van der Waals surface area (Å²) in [7, 11) is -1.17. The zero-order valence-corrected chi connectivity index (χ0v) is 16.2. The number of hydrogen-bond donors (Lipinski definition) is 6. The second-order valence-corrected chi connectivity index (χ2v) is 6.62. The van der Waals surface area contributed by atoms with Gasteiger partial charge in [-0.05, 0) is 49.8 Å². The monoisotopic (exact) mass is 388 g/mol. The first-order valence-corrected chi connectivity index (χ1v) is 9.15. The van der Waals surface area contributed by atoms with Gasteiger partial charge in [-0.3, -0.25) is 4.79 Å². The molecule has 0 bridgehead atoms. The molecule has 0 fully saturated rings. The molecule has 0 aliphatic carbocycles. The van der Waals surface area contributed by atoms with Crippen LogP contribution in [0.15, 0.2) is 48.5 Å². The van der Waals surface area contributed by atoms with E-state index in [1.54, 1.807) is 6.07 Å². The van der Waals surface area contributed by atoms with Gasteiger partial charge >= 0.3 is 7.12 Å². The lowest BCUT2D eigenvalue weighted by Gasteiger charge is -2.18. The minimum Gasteiger partial charge on any atom is -0.507 e. The number of primary amides is 1. The van der Waals surface area contributed by atoms with Crippen molar-refractivity contribution in [3.05, 3.63) is 65.2 Å². The summed E-state index contributed by atoms with van der Waals surface area (Å²) in [4.78, 5) is 11.2. The Kier molecular flexibility index (Phi) is 10.3. The molecule has 2 unspecified atom stereocenters. The molecule has 1 amide bonds. The topological polar surface area (TPSA) is 136 Å². The second-order valence-electron chi connectivity index (χ2n) is 6.62. The number of carbonyl (C=O) groups is 1. The van der Waals surface area contributed by atoms with Crippen molar-refractivity contribution < 1.29 is 25.1 Å². The molecule has 0 aromatic heterocycles. The van der Waals surface area contributed by atoms with Crippen molar-refractivity contribution in [2.75, 3.05) is 6.54 Å². The first-order chi connectivity index (χ1) is 13.2. The van der Waals surface area contributed by atoms with E-state index in [4.69, 9.17) is 15.8 Å². The maximum absolute atomic E-state index is 11.2. The molecule has 28 heavy (non-hydrogen) atoms. The number of benzene rings is 2. The summed E-state index contributed by atoms with van der Waals surface area (Å²) in [5, 5.41) is 38.3. The highest BCUT2D eigenvalue weighted by Gasteiger charge is 2.14. The molecule has 2 aromatic carbocycles. The Labute approximate surface area is 166 Å². The lowest BCUT2D eigenvalue weighted by molar-refractivity contribution is 0.0997. The van der Waals surface area contributed by atoms with E-state index in [2.05, 4.69) is 24.4 Å².